The van der Waals surface area contributed by atoms with Gasteiger partial charge in [0, 0.05) is 0 Å². The first kappa shape index (κ1) is 9.88. The van der Waals surface area contributed by atoms with Gasteiger partial charge in [0.25, 0.3) is 0 Å². The van der Waals surface area contributed by atoms with Crippen molar-refractivity contribution in [2.45, 2.75) is 0 Å². The molecule has 12 heavy (non-hydrogen) atoms. The van der Waals surface area contributed by atoms with Crippen LogP contribution in [0.3, 0.4) is 0 Å². The van der Waals surface area contributed by atoms with Crippen LogP contribution in [0.15, 0.2) is 10.3 Å². The Labute approximate surface area is 65.0 Å². The van der Waals surface area contributed by atoms with E-state index in [9.17, 15) is 9.59 Å². The van der Waals surface area contributed by atoms with E-state index in [4.69, 9.17) is 20.6 Å². The number of carbonyl (C=O) groups is 2. The van der Waals surface area contributed by atoms with E-state index in [2.05, 4.69) is 10.3 Å². The van der Waals surface area contributed by atoms with Crippen LogP contribution in [0, 0.1) is 0 Å². The van der Waals surface area contributed by atoms with Gasteiger partial charge in [0.1, 0.15) is 0 Å². The lowest BCUT2D eigenvalue weighted by molar-refractivity contribution is -0.131. The number of carboxylic acid groups (broad SMARTS) is 2. The van der Waals surface area contributed by atoms with E-state index < -0.39 is 23.4 Å². The normalized spacial score (nSPS) is 12.7. The number of hydrogen-bond donors (Lipinski definition) is 4. The molecule has 0 aromatic rings. The molecule has 0 heterocycles. The smallest absolute Gasteiger partial charge is 0.360 e. The molecule has 0 spiro atoms. The highest BCUT2D eigenvalue weighted by molar-refractivity contribution is 6.78. The van der Waals surface area contributed by atoms with Crippen molar-refractivity contribution in [1.82, 2.24) is 0 Å². The van der Waals surface area contributed by atoms with Crippen LogP contribution in [-0.2, 0) is 9.59 Å². The van der Waals surface area contributed by atoms with E-state index in [0.717, 1.165) is 0 Å². The average molecular weight is 176 g/mol. The standard InChI is InChI=1S/C4H4N2O6/c7-3(8)1(5-11)2(6-12)4(9)10/h11-12H,(H,7,8)(H,9,10)/b5-1-,6-2+. The third kappa shape index (κ3) is 1.94. The minimum absolute atomic E-state index is 1.25. The zero-order chi connectivity index (χ0) is 9.72. The van der Waals surface area contributed by atoms with Crippen LogP contribution in [0.1, 0.15) is 0 Å². The molecule has 66 valence electrons. The molecule has 0 bridgehead atoms. The van der Waals surface area contributed by atoms with Crippen LogP contribution in [0.25, 0.3) is 0 Å². The number of oxime groups is 2. The average Bonchev–Trinajstić information content (AvgIpc) is 1.98. The minimum Gasteiger partial charge on any atom is -0.476 e. The molecule has 8 nitrogen and oxygen atoms in total. The number of nitrogens with zero attached hydrogens (tertiary/aromatic N) is 2. The monoisotopic (exact) mass is 176 g/mol. The maximum absolute atomic E-state index is 10.1. The first-order chi connectivity index (χ1) is 5.54. The molecule has 0 radical (unpaired) electrons. The van der Waals surface area contributed by atoms with E-state index >= 15 is 0 Å². The van der Waals surface area contributed by atoms with Crippen LogP contribution < -0.4 is 0 Å². The molecule has 0 saturated heterocycles. The molecule has 0 aliphatic carbocycles. The molecular formula is C4H4N2O6. The van der Waals surface area contributed by atoms with E-state index in [1.165, 1.54) is 0 Å². The summed E-state index contributed by atoms with van der Waals surface area (Å²) in [7, 11) is 0. The third-order valence-corrected chi connectivity index (χ3v) is 0.829. The molecule has 0 aromatic carbocycles. The van der Waals surface area contributed by atoms with Crippen molar-refractivity contribution in [3.05, 3.63) is 0 Å². The molecule has 0 amide bonds. The highest BCUT2D eigenvalue weighted by Gasteiger charge is 2.25. The van der Waals surface area contributed by atoms with Crippen LogP contribution in [0.5, 0.6) is 0 Å². The quantitative estimate of drug-likeness (QED) is 0.242. The summed E-state index contributed by atoms with van der Waals surface area (Å²) in [6.45, 7) is 0. The SMILES string of the molecule is O=C(O)C(=N\O)/C(=N\O)C(=O)O. The molecule has 0 unspecified atom stereocenters. The van der Waals surface area contributed by atoms with Crippen LogP contribution in [0.4, 0.5) is 0 Å². The van der Waals surface area contributed by atoms with Crippen molar-refractivity contribution in [2.75, 3.05) is 0 Å². The fourth-order valence-electron chi connectivity index (χ4n) is 0.383. The molecule has 0 fully saturated rings. The second-order valence-corrected chi connectivity index (χ2v) is 1.51. The summed E-state index contributed by atoms with van der Waals surface area (Å²) < 4.78 is 0. The molecule has 0 aliphatic heterocycles. The molecule has 4 N–H and O–H groups in total. The van der Waals surface area contributed by atoms with Crippen molar-refractivity contribution in [3.8, 4) is 0 Å². The second-order valence-electron chi connectivity index (χ2n) is 1.51. The van der Waals surface area contributed by atoms with Gasteiger partial charge in [-0.3, -0.25) is 0 Å². The van der Waals surface area contributed by atoms with Gasteiger partial charge in [-0.15, -0.1) is 0 Å². The molecule has 0 rings (SSSR count). The van der Waals surface area contributed by atoms with Gasteiger partial charge in [-0.2, -0.15) is 0 Å². The van der Waals surface area contributed by atoms with Gasteiger partial charge in [-0.1, -0.05) is 10.3 Å². The zero-order valence-corrected chi connectivity index (χ0v) is 5.50. The summed E-state index contributed by atoms with van der Waals surface area (Å²) in [5, 5.41) is 36.6. The Bertz CT molecular complexity index is 239. The Morgan fingerprint density at radius 2 is 1.08 bits per heavy atom. The molecule has 0 aromatic heterocycles. The fourth-order valence-corrected chi connectivity index (χ4v) is 0.383. The molecule has 0 atom stereocenters. The number of rotatable bonds is 3. The molecule has 0 saturated carbocycles. The van der Waals surface area contributed by atoms with Gasteiger partial charge in [0.2, 0.25) is 11.4 Å². The summed E-state index contributed by atoms with van der Waals surface area (Å²) >= 11 is 0. The Balaban J connectivity index is 4.99. The van der Waals surface area contributed by atoms with Crippen molar-refractivity contribution >= 4 is 23.4 Å². The van der Waals surface area contributed by atoms with Crippen molar-refractivity contribution in [3.63, 3.8) is 0 Å². The minimum atomic E-state index is -1.81. The Hall–Kier alpha value is -2.12. The lowest BCUT2D eigenvalue weighted by atomic mass is 10.2. The van der Waals surface area contributed by atoms with E-state index in [1.54, 1.807) is 0 Å². The number of carboxylic acids is 2. The number of aliphatic carboxylic acids is 2. The number of hydrogen-bond acceptors (Lipinski definition) is 6. The largest absolute Gasteiger partial charge is 0.476 e. The maximum atomic E-state index is 10.1. The molecular weight excluding hydrogens is 172 g/mol. The summed E-state index contributed by atoms with van der Waals surface area (Å²) in [5.74, 6) is -3.62. The molecule has 0 aliphatic rings. The van der Waals surface area contributed by atoms with E-state index in [0.29, 0.717) is 0 Å². The van der Waals surface area contributed by atoms with Crippen molar-refractivity contribution in [2.24, 2.45) is 10.3 Å². The van der Waals surface area contributed by atoms with Gasteiger partial charge in [0.05, 0.1) is 0 Å². The Morgan fingerprint density at radius 1 is 0.833 bits per heavy atom. The van der Waals surface area contributed by atoms with Gasteiger partial charge < -0.3 is 20.6 Å². The van der Waals surface area contributed by atoms with E-state index in [-0.39, 0.29) is 0 Å². The van der Waals surface area contributed by atoms with Gasteiger partial charge >= 0.3 is 11.9 Å². The van der Waals surface area contributed by atoms with Crippen molar-refractivity contribution < 1.29 is 30.2 Å². The first-order valence-electron chi connectivity index (χ1n) is 2.45. The predicted molar refractivity (Wildman–Crippen MR) is 33.7 cm³/mol. The summed E-state index contributed by atoms with van der Waals surface area (Å²) in [5.41, 5.74) is -2.49. The second kappa shape index (κ2) is 3.91. The van der Waals surface area contributed by atoms with E-state index in [1.807, 2.05) is 0 Å². The first-order valence-corrected chi connectivity index (χ1v) is 2.45. The predicted octanol–water partition coefficient (Wildman–Crippen LogP) is -1.18. The zero-order valence-electron chi connectivity index (χ0n) is 5.50. The molecule has 8 heteroatoms. The summed E-state index contributed by atoms with van der Waals surface area (Å²) in [6, 6.07) is 0. The lowest BCUT2D eigenvalue weighted by Crippen LogP contribution is -2.30. The highest BCUT2D eigenvalue weighted by Crippen LogP contribution is 1.85. The van der Waals surface area contributed by atoms with Crippen LogP contribution in [0.2, 0.25) is 0 Å². The Morgan fingerprint density at radius 3 is 1.17 bits per heavy atom. The summed E-state index contributed by atoms with van der Waals surface area (Å²) in [4.78, 5) is 20.2. The highest BCUT2D eigenvalue weighted by atomic mass is 16.5. The Kier molecular flexibility index (Phi) is 3.22. The van der Waals surface area contributed by atoms with Gasteiger partial charge in [-0.25, -0.2) is 9.59 Å². The third-order valence-electron chi connectivity index (χ3n) is 0.829. The summed E-state index contributed by atoms with van der Waals surface area (Å²) in [6.07, 6.45) is 0. The van der Waals surface area contributed by atoms with Gasteiger partial charge in [0.15, 0.2) is 0 Å². The lowest BCUT2D eigenvalue weighted by Gasteiger charge is -1.94. The van der Waals surface area contributed by atoms with Crippen LogP contribution >= 0.6 is 0 Å². The van der Waals surface area contributed by atoms with Crippen LogP contribution in [-0.4, -0.2) is 44.0 Å². The topological polar surface area (TPSA) is 140 Å². The van der Waals surface area contributed by atoms with Crippen molar-refractivity contribution in [1.29, 1.82) is 0 Å². The van der Waals surface area contributed by atoms with Gasteiger partial charge in [-0.05, 0) is 0 Å². The maximum Gasteiger partial charge on any atom is 0.360 e. The fraction of sp³-hybridized carbons (Fsp3) is 0.